The molecule has 0 radical (unpaired) electrons. The molecule has 3 N–H and O–H groups in total. The highest BCUT2D eigenvalue weighted by Gasteiger charge is 2.37. The second-order valence-electron chi connectivity index (χ2n) is 3.87. The van der Waals surface area contributed by atoms with Gasteiger partial charge in [-0.1, -0.05) is 13.3 Å². The number of rotatable bonds is 1. The smallest absolute Gasteiger partial charge is 0.180 e. The molecule has 0 aromatic carbocycles. The van der Waals surface area contributed by atoms with Gasteiger partial charge in [-0.2, -0.15) is 0 Å². The molecule has 4 nitrogen and oxygen atoms in total. The van der Waals surface area contributed by atoms with Gasteiger partial charge in [0.15, 0.2) is 11.6 Å². The van der Waals surface area contributed by atoms with E-state index in [0.717, 1.165) is 12.8 Å². The van der Waals surface area contributed by atoms with Gasteiger partial charge in [0.1, 0.15) is 6.33 Å². The zero-order valence-electron chi connectivity index (χ0n) is 7.62. The van der Waals surface area contributed by atoms with Crippen LogP contribution in [-0.2, 0) is 5.41 Å². The molecule has 2 rings (SSSR count). The SMILES string of the molecule is CC1(c2ncnc(N)c2O)CCC1. The quantitative estimate of drug-likeness (QED) is 0.679. The molecule has 0 bridgehead atoms. The first-order valence-corrected chi connectivity index (χ1v) is 4.43. The van der Waals surface area contributed by atoms with Crippen molar-refractivity contribution in [3.8, 4) is 5.75 Å². The standard InChI is InChI=1S/C9H13N3O/c1-9(3-2-4-9)7-6(13)8(10)12-5-11-7/h5,13H,2-4H2,1H3,(H2,10,11,12). The number of nitrogen functional groups attached to an aromatic ring is 1. The lowest BCUT2D eigenvalue weighted by Crippen LogP contribution is -2.31. The Kier molecular flexibility index (Phi) is 1.65. The number of aromatic hydroxyl groups is 1. The van der Waals surface area contributed by atoms with Crippen LogP contribution in [-0.4, -0.2) is 15.1 Å². The molecular formula is C9H13N3O. The van der Waals surface area contributed by atoms with Crippen molar-refractivity contribution < 1.29 is 5.11 Å². The summed E-state index contributed by atoms with van der Waals surface area (Å²) >= 11 is 0. The number of hydrogen-bond donors (Lipinski definition) is 2. The molecule has 1 aliphatic rings. The molecule has 0 aliphatic heterocycles. The van der Waals surface area contributed by atoms with Crippen molar-refractivity contribution >= 4 is 5.82 Å². The summed E-state index contributed by atoms with van der Waals surface area (Å²) in [5.41, 5.74) is 6.21. The van der Waals surface area contributed by atoms with Crippen LogP contribution >= 0.6 is 0 Å². The van der Waals surface area contributed by atoms with Crippen molar-refractivity contribution in [3.05, 3.63) is 12.0 Å². The van der Waals surface area contributed by atoms with Crippen molar-refractivity contribution in [2.24, 2.45) is 0 Å². The van der Waals surface area contributed by atoms with Crippen LogP contribution in [0.4, 0.5) is 5.82 Å². The Morgan fingerprint density at radius 2 is 2.15 bits per heavy atom. The van der Waals surface area contributed by atoms with E-state index in [1.165, 1.54) is 12.7 Å². The van der Waals surface area contributed by atoms with Gasteiger partial charge >= 0.3 is 0 Å². The van der Waals surface area contributed by atoms with Gasteiger partial charge in [-0.05, 0) is 12.8 Å². The monoisotopic (exact) mass is 179 g/mol. The maximum absolute atomic E-state index is 9.65. The molecule has 1 aromatic heterocycles. The lowest BCUT2D eigenvalue weighted by molar-refractivity contribution is 0.254. The number of aromatic nitrogens is 2. The van der Waals surface area contributed by atoms with E-state index >= 15 is 0 Å². The summed E-state index contributed by atoms with van der Waals surface area (Å²) < 4.78 is 0. The fraction of sp³-hybridized carbons (Fsp3) is 0.556. The summed E-state index contributed by atoms with van der Waals surface area (Å²) in [6.45, 7) is 2.10. The fourth-order valence-electron chi connectivity index (χ4n) is 1.78. The van der Waals surface area contributed by atoms with Crippen LogP contribution in [0.2, 0.25) is 0 Å². The molecule has 70 valence electrons. The van der Waals surface area contributed by atoms with Gasteiger partial charge in [0.2, 0.25) is 0 Å². The Labute approximate surface area is 76.8 Å². The van der Waals surface area contributed by atoms with E-state index in [9.17, 15) is 5.11 Å². The topological polar surface area (TPSA) is 72.0 Å². The van der Waals surface area contributed by atoms with E-state index in [1.54, 1.807) is 0 Å². The van der Waals surface area contributed by atoms with Crippen molar-refractivity contribution in [1.29, 1.82) is 0 Å². The Morgan fingerprint density at radius 1 is 1.46 bits per heavy atom. The third-order valence-corrected chi connectivity index (χ3v) is 2.88. The molecule has 1 aliphatic carbocycles. The molecule has 0 amide bonds. The molecular weight excluding hydrogens is 166 g/mol. The van der Waals surface area contributed by atoms with Crippen LogP contribution < -0.4 is 5.73 Å². The molecule has 0 saturated heterocycles. The maximum Gasteiger partial charge on any atom is 0.180 e. The molecule has 4 heteroatoms. The van der Waals surface area contributed by atoms with Crippen LogP contribution in [0.15, 0.2) is 6.33 Å². The lowest BCUT2D eigenvalue weighted by atomic mass is 9.68. The average Bonchev–Trinajstić information content (AvgIpc) is 2.06. The zero-order valence-corrected chi connectivity index (χ0v) is 7.62. The van der Waals surface area contributed by atoms with E-state index in [1.807, 2.05) is 0 Å². The van der Waals surface area contributed by atoms with Crippen LogP contribution in [0.3, 0.4) is 0 Å². The van der Waals surface area contributed by atoms with Crippen LogP contribution in [0.5, 0.6) is 5.75 Å². The van der Waals surface area contributed by atoms with Gasteiger partial charge < -0.3 is 10.8 Å². The summed E-state index contributed by atoms with van der Waals surface area (Å²) in [7, 11) is 0. The van der Waals surface area contributed by atoms with Crippen LogP contribution in [0, 0.1) is 0 Å². The van der Waals surface area contributed by atoms with Gasteiger partial charge in [0, 0.05) is 5.41 Å². The second-order valence-corrected chi connectivity index (χ2v) is 3.87. The van der Waals surface area contributed by atoms with Gasteiger partial charge in [-0.15, -0.1) is 0 Å². The normalized spacial score (nSPS) is 19.5. The van der Waals surface area contributed by atoms with E-state index in [0.29, 0.717) is 5.69 Å². The molecule has 0 atom stereocenters. The molecule has 13 heavy (non-hydrogen) atoms. The summed E-state index contributed by atoms with van der Waals surface area (Å²) in [6, 6.07) is 0. The van der Waals surface area contributed by atoms with E-state index in [2.05, 4.69) is 16.9 Å². The van der Waals surface area contributed by atoms with Gasteiger partial charge in [0.05, 0.1) is 5.69 Å². The average molecular weight is 179 g/mol. The first-order chi connectivity index (χ1) is 6.13. The minimum Gasteiger partial charge on any atom is -0.503 e. The second kappa shape index (κ2) is 2.58. The third-order valence-electron chi connectivity index (χ3n) is 2.88. The zero-order chi connectivity index (χ0) is 9.47. The Hall–Kier alpha value is -1.32. The van der Waals surface area contributed by atoms with Crippen molar-refractivity contribution in [2.45, 2.75) is 31.6 Å². The molecule has 1 fully saturated rings. The number of nitrogens with zero attached hydrogens (tertiary/aromatic N) is 2. The molecule has 1 saturated carbocycles. The molecule has 0 spiro atoms. The first-order valence-electron chi connectivity index (χ1n) is 4.43. The van der Waals surface area contributed by atoms with Crippen molar-refractivity contribution in [2.75, 3.05) is 5.73 Å². The summed E-state index contributed by atoms with van der Waals surface area (Å²) in [5, 5.41) is 9.65. The first kappa shape index (κ1) is 8.29. The van der Waals surface area contributed by atoms with Crippen molar-refractivity contribution in [3.63, 3.8) is 0 Å². The highest BCUT2D eigenvalue weighted by molar-refractivity contribution is 5.49. The maximum atomic E-state index is 9.65. The highest BCUT2D eigenvalue weighted by atomic mass is 16.3. The summed E-state index contributed by atoms with van der Waals surface area (Å²) in [5.74, 6) is 0.239. The van der Waals surface area contributed by atoms with E-state index in [-0.39, 0.29) is 17.0 Å². The predicted octanol–water partition coefficient (Wildman–Crippen LogP) is 1.21. The van der Waals surface area contributed by atoms with Crippen molar-refractivity contribution in [1.82, 2.24) is 9.97 Å². The Bertz CT molecular complexity index is 334. The minimum atomic E-state index is 0.0150. The lowest BCUT2D eigenvalue weighted by Gasteiger charge is -2.37. The molecule has 1 aromatic rings. The summed E-state index contributed by atoms with van der Waals surface area (Å²) in [4.78, 5) is 7.82. The van der Waals surface area contributed by atoms with Crippen LogP contribution in [0.25, 0.3) is 0 Å². The Balaban J connectivity index is 2.45. The predicted molar refractivity (Wildman–Crippen MR) is 49.3 cm³/mol. The van der Waals surface area contributed by atoms with Gasteiger partial charge in [-0.3, -0.25) is 0 Å². The number of anilines is 1. The summed E-state index contributed by atoms with van der Waals surface area (Å²) in [6.07, 6.45) is 4.74. The third kappa shape index (κ3) is 1.13. The van der Waals surface area contributed by atoms with E-state index < -0.39 is 0 Å². The fourth-order valence-corrected chi connectivity index (χ4v) is 1.78. The largest absolute Gasteiger partial charge is 0.503 e. The molecule has 1 heterocycles. The van der Waals surface area contributed by atoms with Crippen LogP contribution in [0.1, 0.15) is 31.9 Å². The molecule has 0 unspecified atom stereocenters. The number of nitrogens with two attached hydrogens (primary N) is 1. The van der Waals surface area contributed by atoms with E-state index in [4.69, 9.17) is 5.73 Å². The Morgan fingerprint density at radius 3 is 2.69 bits per heavy atom. The highest BCUT2D eigenvalue weighted by Crippen LogP contribution is 2.45. The minimum absolute atomic E-state index is 0.0150. The number of hydrogen-bond acceptors (Lipinski definition) is 4. The van der Waals surface area contributed by atoms with Gasteiger partial charge in [0.25, 0.3) is 0 Å². The van der Waals surface area contributed by atoms with Gasteiger partial charge in [-0.25, -0.2) is 9.97 Å².